The lowest BCUT2D eigenvalue weighted by Crippen LogP contribution is -2.25. The molecule has 1 N–H and O–H groups in total. The van der Waals surface area contributed by atoms with Gasteiger partial charge in [0.15, 0.2) is 0 Å². The minimum Gasteiger partial charge on any atom is -0.492 e. The average molecular weight is 334 g/mol. The highest BCUT2D eigenvalue weighted by Crippen LogP contribution is 2.16. The summed E-state index contributed by atoms with van der Waals surface area (Å²) in [6.07, 6.45) is 0. The predicted molar refractivity (Wildman–Crippen MR) is 87.4 cm³/mol. The molecule has 0 bridgehead atoms. The van der Waals surface area contributed by atoms with Crippen LogP contribution < -0.4 is 10.1 Å². The Hall–Kier alpha value is -1.32. The number of benzene rings is 2. The molecule has 0 aliphatic rings. The van der Waals surface area contributed by atoms with E-state index >= 15 is 0 Å². The van der Waals surface area contributed by atoms with Gasteiger partial charge in [0, 0.05) is 17.6 Å². The van der Waals surface area contributed by atoms with Gasteiger partial charge in [-0.3, -0.25) is 0 Å². The molecule has 0 radical (unpaired) electrons. The second-order valence-corrected chi connectivity index (χ2v) is 5.73. The lowest BCUT2D eigenvalue weighted by atomic mass is 10.0. The molecule has 1 atom stereocenters. The largest absolute Gasteiger partial charge is 0.492 e. The highest BCUT2D eigenvalue weighted by molar-refractivity contribution is 9.10. The van der Waals surface area contributed by atoms with E-state index in [1.54, 1.807) is 0 Å². The smallest absolute Gasteiger partial charge is 0.119 e. The van der Waals surface area contributed by atoms with Crippen molar-refractivity contribution in [1.29, 1.82) is 0 Å². The Kier molecular flexibility index (Phi) is 6.09. The molecule has 0 amide bonds. The second kappa shape index (κ2) is 8.08. The summed E-state index contributed by atoms with van der Waals surface area (Å²) in [5, 5.41) is 3.43. The van der Waals surface area contributed by atoms with E-state index in [1.807, 2.05) is 24.3 Å². The van der Waals surface area contributed by atoms with Crippen molar-refractivity contribution in [3.63, 3.8) is 0 Å². The van der Waals surface area contributed by atoms with E-state index in [0.29, 0.717) is 12.5 Å². The van der Waals surface area contributed by atoms with Crippen molar-refractivity contribution < 1.29 is 4.74 Å². The van der Waals surface area contributed by atoms with Gasteiger partial charge in [0.2, 0.25) is 0 Å². The van der Waals surface area contributed by atoms with Crippen molar-refractivity contribution >= 4 is 15.9 Å². The number of nitrogens with one attached hydrogen (secondary N) is 1. The summed E-state index contributed by atoms with van der Waals surface area (Å²) in [5.41, 5.74) is 1.37. The first-order valence-electron chi connectivity index (χ1n) is 6.90. The van der Waals surface area contributed by atoms with Gasteiger partial charge in [0.1, 0.15) is 12.4 Å². The molecule has 0 spiro atoms. The van der Waals surface area contributed by atoms with Crippen LogP contribution in [0.1, 0.15) is 18.4 Å². The number of ether oxygens (including phenoxy) is 1. The van der Waals surface area contributed by atoms with Crippen LogP contribution in [-0.4, -0.2) is 19.7 Å². The van der Waals surface area contributed by atoms with Gasteiger partial charge in [-0.15, -0.1) is 0 Å². The first kappa shape index (κ1) is 15.1. The molecule has 0 aromatic heterocycles. The molecule has 106 valence electrons. The third-order valence-corrected chi connectivity index (χ3v) is 3.71. The van der Waals surface area contributed by atoms with E-state index in [2.05, 4.69) is 58.5 Å². The molecule has 2 aromatic carbocycles. The van der Waals surface area contributed by atoms with Crippen molar-refractivity contribution in [1.82, 2.24) is 5.32 Å². The summed E-state index contributed by atoms with van der Waals surface area (Å²) in [6.45, 7) is 4.74. The van der Waals surface area contributed by atoms with E-state index in [9.17, 15) is 0 Å². The Bertz CT molecular complexity index is 498. The molecule has 0 saturated heterocycles. The minimum atomic E-state index is 0.517. The van der Waals surface area contributed by atoms with Crippen LogP contribution in [0.25, 0.3) is 0 Å². The monoisotopic (exact) mass is 333 g/mol. The molecule has 0 fully saturated rings. The molecule has 3 heteroatoms. The maximum atomic E-state index is 5.67. The molecule has 20 heavy (non-hydrogen) atoms. The van der Waals surface area contributed by atoms with Crippen molar-refractivity contribution in [2.75, 3.05) is 19.7 Å². The number of hydrogen-bond acceptors (Lipinski definition) is 2. The van der Waals surface area contributed by atoms with Crippen LogP contribution in [0, 0.1) is 0 Å². The fourth-order valence-electron chi connectivity index (χ4n) is 1.99. The SMILES string of the molecule is CC(CNCCOc1ccc(Br)cc1)c1ccccc1. The number of halogens is 1. The lowest BCUT2D eigenvalue weighted by Gasteiger charge is -2.13. The average Bonchev–Trinajstić information content (AvgIpc) is 2.49. The molecule has 0 aliphatic heterocycles. The Morgan fingerprint density at radius 1 is 1.05 bits per heavy atom. The van der Waals surface area contributed by atoms with Crippen LogP contribution in [-0.2, 0) is 0 Å². The summed E-state index contributed by atoms with van der Waals surface area (Å²) in [5.74, 6) is 1.43. The molecule has 2 aromatic rings. The van der Waals surface area contributed by atoms with Crippen molar-refractivity contribution in [2.45, 2.75) is 12.8 Å². The normalized spacial score (nSPS) is 12.1. The van der Waals surface area contributed by atoms with E-state index in [0.717, 1.165) is 23.3 Å². The summed E-state index contributed by atoms with van der Waals surface area (Å²) >= 11 is 3.41. The summed E-state index contributed by atoms with van der Waals surface area (Å²) in [6, 6.07) is 18.5. The standard InChI is InChI=1S/C17H20BrNO/c1-14(15-5-3-2-4-6-15)13-19-11-12-20-17-9-7-16(18)8-10-17/h2-10,14,19H,11-13H2,1H3. The van der Waals surface area contributed by atoms with Gasteiger partial charge in [-0.2, -0.15) is 0 Å². The first-order chi connectivity index (χ1) is 9.75. The molecular formula is C17H20BrNO. The zero-order valence-electron chi connectivity index (χ0n) is 11.7. The van der Waals surface area contributed by atoms with Gasteiger partial charge in [-0.1, -0.05) is 53.2 Å². The van der Waals surface area contributed by atoms with Crippen molar-refractivity contribution in [3.05, 3.63) is 64.6 Å². The third kappa shape index (κ3) is 4.99. The van der Waals surface area contributed by atoms with Crippen LogP contribution in [0.2, 0.25) is 0 Å². The molecule has 0 aliphatic carbocycles. The highest BCUT2D eigenvalue weighted by atomic mass is 79.9. The minimum absolute atomic E-state index is 0.517. The highest BCUT2D eigenvalue weighted by Gasteiger charge is 2.03. The van der Waals surface area contributed by atoms with Gasteiger partial charge >= 0.3 is 0 Å². The quantitative estimate of drug-likeness (QED) is 0.766. The van der Waals surface area contributed by atoms with Gasteiger partial charge in [-0.25, -0.2) is 0 Å². The van der Waals surface area contributed by atoms with Crippen LogP contribution in [0.4, 0.5) is 0 Å². The van der Waals surface area contributed by atoms with Crippen molar-refractivity contribution in [2.24, 2.45) is 0 Å². The van der Waals surface area contributed by atoms with E-state index in [1.165, 1.54) is 5.56 Å². The number of rotatable bonds is 7. The molecule has 2 rings (SSSR count). The molecule has 0 saturated carbocycles. The van der Waals surface area contributed by atoms with E-state index in [-0.39, 0.29) is 0 Å². The van der Waals surface area contributed by atoms with Crippen LogP contribution in [0.5, 0.6) is 5.75 Å². The zero-order chi connectivity index (χ0) is 14.2. The maximum absolute atomic E-state index is 5.67. The van der Waals surface area contributed by atoms with Gasteiger partial charge in [-0.05, 0) is 35.7 Å². The van der Waals surface area contributed by atoms with Crippen LogP contribution in [0.15, 0.2) is 59.1 Å². The van der Waals surface area contributed by atoms with Crippen LogP contribution >= 0.6 is 15.9 Å². The van der Waals surface area contributed by atoms with Gasteiger partial charge < -0.3 is 10.1 Å². The summed E-state index contributed by atoms with van der Waals surface area (Å²) in [7, 11) is 0. The third-order valence-electron chi connectivity index (χ3n) is 3.18. The summed E-state index contributed by atoms with van der Waals surface area (Å²) in [4.78, 5) is 0. The summed E-state index contributed by atoms with van der Waals surface area (Å²) < 4.78 is 6.73. The van der Waals surface area contributed by atoms with Gasteiger partial charge in [0.05, 0.1) is 0 Å². The molecular weight excluding hydrogens is 314 g/mol. The Balaban J connectivity index is 1.63. The first-order valence-corrected chi connectivity index (χ1v) is 7.69. The molecule has 2 nitrogen and oxygen atoms in total. The Labute approximate surface area is 129 Å². The lowest BCUT2D eigenvalue weighted by molar-refractivity contribution is 0.313. The van der Waals surface area contributed by atoms with E-state index < -0.39 is 0 Å². The number of hydrogen-bond donors (Lipinski definition) is 1. The topological polar surface area (TPSA) is 21.3 Å². The Morgan fingerprint density at radius 2 is 1.75 bits per heavy atom. The maximum Gasteiger partial charge on any atom is 0.119 e. The van der Waals surface area contributed by atoms with E-state index in [4.69, 9.17) is 4.74 Å². The fraction of sp³-hybridized carbons (Fsp3) is 0.294. The second-order valence-electron chi connectivity index (χ2n) is 4.82. The molecule has 1 unspecified atom stereocenters. The van der Waals surface area contributed by atoms with Crippen molar-refractivity contribution in [3.8, 4) is 5.75 Å². The zero-order valence-corrected chi connectivity index (χ0v) is 13.3. The predicted octanol–water partition coefficient (Wildman–Crippen LogP) is 4.22. The van der Waals surface area contributed by atoms with Gasteiger partial charge in [0.25, 0.3) is 0 Å². The Morgan fingerprint density at radius 3 is 2.45 bits per heavy atom. The molecule has 0 heterocycles. The fourth-order valence-corrected chi connectivity index (χ4v) is 2.25. The van der Waals surface area contributed by atoms with Crippen LogP contribution in [0.3, 0.4) is 0 Å².